The zero-order valence-electron chi connectivity index (χ0n) is 13.9. The molecule has 1 aliphatic carbocycles. The minimum atomic E-state index is -0.414. The molecule has 124 valence electrons. The number of carbonyl (C=O) groups is 2. The lowest BCUT2D eigenvalue weighted by Crippen LogP contribution is -2.24. The number of rotatable bonds is 6. The third kappa shape index (κ3) is 4.47. The second-order valence-corrected chi connectivity index (χ2v) is 7.42. The number of nitrogens with zero attached hydrogens (tertiary/aromatic N) is 1. The Labute approximate surface area is 136 Å². The Balaban J connectivity index is 2.04. The van der Waals surface area contributed by atoms with E-state index in [0.717, 1.165) is 5.56 Å². The van der Waals surface area contributed by atoms with Crippen molar-refractivity contribution >= 4 is 17.3 Å². The van der Waals surface area contributed by atoms with Gasteiger partial charge in [0.1, 0.15) is 11.6 Å². The third-order valence-electron chi connectivity index (χ3n) is 4.40. The van der Waals surface area contributed by atoms with E-state index in [1.165, 1.54) is 0 Å². The molecular formula is C18H23NO4. The molecule has 0 aliphatic heterocycles. The lowest BCUT2D eigenvalue weighted by Gasteiger charge is -2.23. The Kier molecular flexibility index (Phi) is 4.97. The summed E-state index contributed by atoms with van der Waals surface area (Å²) < 4.78 is 0. The molecular weight excluding hydrogens is 294 g/mol. The van der Waals surface area contributed by atoms with E-state index >= 15 is 0 Å². The minimum absolute atomic E-state index is 0.00374. The Morgan fingerprint density at radius 2 is 1.96 bits per heavy atom. The minimum Gasteiger partial charge on any atom is -0.300 e. The molecule has 2 rings (SSSR count). The average Bonchev–Trinajstić information content (AvgIpc) is 2.41. The van der Waals surface area contributed by atoms with Crippen molar-refractivity contribution in [2.24, 2.45) is 5.92 Å². The maximum absolute atomic E-state index is 12.1. The number of benzene rings is 1. The van der Waals surface area contributed by atoms with Crippen molar-refractivity contribution in [3.8, 4) is 0 Å². The van der Waals surface area contributed by atoms with Crippen LogP contribution in [0.15, 0.2) is 18.2 Å². The van der Waals surface area contributed by atoms with Crippen LogP contribution in [0.4, 0.5) is 5.69 Å². The molecule has 0 unspecified atom stereocenters. The molecule has 0 aromatic heterocycles. The number of nitro benzene ring substituents is 1. The van der Waals surface area contributed by atoms with Crippen molar-refractivity contribution in [2.45, 2.75) is 58.3 Å². The van der Waals surface area contributed by atoms with Gasteiger partial charge in [0.2, 0.25) is 0 Å². The fourth-order valence-electron chi connectivity index (χ4n) is 2.80. The number of nitro groups is 1. The maximum atomic E-state index is 12.1. The molecule has 1 aromatic rings. The summed E-state index contributed by atoms with van der Waals surface area (Å²) in [6.45, 7) is 5.99. The van der Waals surface area contributed by atoms with Gasteiger partial charge in [-0.15, -0.1) is 0 Å². The third-order valence-corrected chi connectivity index (χ3v) is 4.40. The van der Waals surface area contributed by atoms with Gasteiger partial charge in [-0.3, -0.25) is 19.7 Å². The molecule has 5 heteroatoms. The topological polar surface area (TPSA) is 77.3 Å². The van der Waals surface area contributed by atoms with E-state index in [2.05, 4.69) is 0 Å². The maximum Gasteiger partial charge on any atom is 0.273 e. The van der Waals surface area contributed by atoms with Crippen LogP contribution in [0.5, 0.6) is 0 Å². The molecule has 0 atom stereocenters. The van der Waals surface area contributed by atoms with E-state index in [-0.39, 0.29) is 29.1 Å². The highest BCUT2D eigenvalue weighted by atomic mass is 16.6. The van der Waals surface area contributed by atoms with Crippen LogP contribution in [0.2, 0.25) is 0 Å². The number of ketones is 2. The quantitative estimate of drug-likeness (QED) is 0.591. The average molecular weight is 317 g/mol. The summed E-state index contributed by atoms with van der Waals surface area (Å²) in [5.74, 6) is 0.580. The fourth-order valence-corrected chi connectivity index (χ4v) is 2.80. The highest BCUT2D eigenvalue weighted by molar-refractivity contribution is 5.85. The molecule has 0 bridgehead atoms. The largest absolute Gasteiger partial charge is 0.300 e. The van der Waals surface area contributed by atoms with Crippen molar-refractivity contribution in [3.63, 3.8) is 0 Å². The highest BCUT2D eigenvalue weighted by Crippen LogP contribution is 2.30. The standard InChI is InChI=1S/C18H23NO4/c1-18(2,3)14-6-5-13(17(11-14)19(22)23)10-15(20)7-4-12-8-16(21)9-12/h5-6,11-12H,4,7-10H2,1-3H3. The van der Waals surface area contributed by atoms with E-state index in [9.17, 15) is 19.7 Å². The van der Waals surface area contributed by atoms with E-state index in [1.54, 1.807) is 12.1 Å². The second-order valence-electron chi connectivity index (χ2n) is 7.42. The van der Waals surface area contributed by atoms with Crippen molar-refractivity contribution < 1.29 is 14.5 Å². The molecule has 0 spiro atoms. The molecule has 1 saturated carbocycles. The molecule has 0 saturated heterocycles. The number of hydrogen-bond donors (Lipinski definition) is 0. The first-order chi connectivity index (χ1) is 10.7. The van der Waals surface area contributed by atoms with Crippen LogP contribution in [0, 0.1) is 16.0 Å². The smallest absolute Gasteiger partial charge is 0.273 e. The molecule has 0 radical (unpaired) electrons. The van der Waals surface area contributed by atoms with Gasteiger partial charge in [-0.2, -0.15) is 0 Å². The van der Waals surface area contributed by atoms with Crippen LogP contribution in [0.25, 0.3) is 0 Å². The van der Waals surface area contributed by atoms with Gasteiger partial charge in [-0.1, -0.05) is 32.9 Å². The molecule has 5 nitrogen and oxygen atoms in total. The summed E-state index contributed by atoms with van der Waals surface area (Å²) in [6, 6.07) is 5.14. The van der Waals surface area contributed by atoms with Crippen LogP contribution in [-0.2, 0) is 21.4 Å². The Bertz CT molecular complexity index is 635. The summed E-state index contributed by atoms with van der Waals surface area (Å²) in [5, 5.41) is 11.3. The zero-order chi connectivity index (χ0) is 17.2. The van der Waals surface area contributed by atoms with E-state index in [4.69, 9.17) is 0 Å². The van der Waals surface area contributed by atoms with Gasteiger partial charge >= 0.3 is 0 Å². The molecule has 1 aromatic carbocycles. The summed E-state index contributed by atoms with van der Waals surface area (Å²) in [5.41, 5.74) is 1.19. The Hall–Kier alpha value is -2.04. The summed E-state index contributed by atoms with van der Waals surface area (Å²) in [7, 11) is 0. The van der Waals surface area contributed by atoms with Gasteiger partial charge < -0.3 is 0 Å². The highest BCUT2D eigenvalue weighted by Gasteiger charge is 2.27. The predicted molar refractivity (Wildman–Crippen MR) is 87.5 cm³/mol. The van der Waals surface area contributed by atoms with E-state index in [1.807, 2.05) is 26.8 Å². The SMILES string of the molecule is CC(C)(C)c1ccc(CC(=O)CCC2CC(=O)C2)c([N+](=O)[O-])c1. The van der Waals surface area contributed by atoms with E-state index < -0.39 is 4.92 Å². The molecule has 1 aliphatic rings. The van der Waals surface area contributed by atoms with Crippen LogP contribution >= 0.6 is 0 Å². The number of Topliss-reactive ketones (excluding diaryl/α,β-unsaturated/α-hetero) is 2. The number of hydrogen-bond acceptors (Lipinski definition) is 4. The van der Waals surface area contributed by atoms with Crippen molar-refractivity contribution in [2.75, 3.05) is 0 Å². The fraction of sp³-hybridized carbons (Fsp3) is 0.556. The molecule has 0 heterocycles. The Morgan fingerprint density at radius 3 is 2.48 bits per heavy atom. The first-order valence-corrected chi connectivity index (χ1v) is 7.98. The van der Waals surface area contributed by atoms with Gasteiger partial charge in [0.25, 0.3) is 5.69 Å². The van der Waals surface area contributed by atoms with Crippen LogP contribution < -0.4 is 0 Å². The number of carbonyl (C=O) groups excluding carboxylic acids is 2. The van der Waals surface area contributed by atoms with Gasteiger partial charge in [0, 0.05) is 37.3 Å². The van der Waals surface area contributed by atoms with Crippen molar-refractivity contribution in [3.05, 3.63) is 39.4 Å². The first-order valence-electron chi connectivity index (χ1n) is 7.98. The monoisotopic (exact) mass is 317 g/mol. The summed E-state index contributed by atoms with van der Waals surface area (Å²) in [6.07, 6.45) is 2.33. The molecule has 23 heavy (non-hydrogen) atoms. The lowest BCUT2D eigenvalue weighted by molar-refractivity contribution is -0.385. The molecule has 0 amide bonds. The predicted octanol–water partition coefficient (Wildman–Crippen LogP) is 3.76. The first kappa shape index (κ1) is 17.3. The van der Waals surface area contributed by atoms with Gasteiger partial charge in [-0.25, -0.2) is 0 Å². The van der Waals surface area contributed by atoms with Crippen LogP contribution in [0.3, 0.4) is 0 Å². The van der Waals surface area contributed by atoms with Crippen LogP contribution in [0.1, 0.15) is 57.6 Å². The van der Waals surface area contributed by atoms with Crippen LogP contribution in [-0.4, -0.2) is 16.5 Å². The van der Waals surface area contributed by atoms with Crippen molar-refractivity contribution in [1.29, 1.82) is 0 Å². The van der Waals surface area contributed by atoms with Gasteiger partial charge in [-0.05, 0) is 23.3 Å². The summed E-state index contributed by atoms with van der Waals surface area (Å²) >= 11 is 0. The van der Waals surface area contributed by atoms with Gasteiger partial charge in [0.05, 0.1) is 4.92 Å². The summed E-state index contributed by atoms with van der Waals surface area (Å²) in [4.78, 5) is 33.9. The normalized spacial score (nSPS) is 15.3. The van der Waals surface area contributed by atoms with Gasteiger partial charge in [0.15, 0.2) is 0 Å². The molecule has 1 fully saturated rings. The van der Waals surface area contributed by atoms with Crippen molar-refractivity contribution in [1.82, 2.24) is 0 Å². The second kappa shape index (κ2) is 6.60. The lowest BCUT2D eigenvalue weighted by atomic mass is 9.80. The van der Waals surface area contributed by atoms with E-state index in [0.29, 0.717) is 37.2 Å². The molecule has 0 N–H and O–H groups in total. The zero-order valence-corrected chi connectivity index (χ0v) is 13.9. The Morgan fingerprint density at radius 1 is 1.30 bits per heavy atom.